The molecule has 0 aromatic heterocycles. The van der Waals surface area contributed by atoms with Gasteiger partial charge in [-0.15, -0.1) is 0 Å². The Morgan fingerprint density at radius 2 is 1.88 bits per heavy atom. The van der Waals surface area contributed by atoms with E-state index >= 15 is 0 Å². The van der Waals surface area contributed by atoms with Crippen LogP contribution in [0.2, 0.25) is 0 Å². The summed E-state index contributed by atoms with van der Waals surface area (Å²) in [6, 6.07) is 0. The third-order valence-corrected chi connectivity index (χ3v) is 4.41. The maximum absolute atomic E-state index is 13.6. The van der Waals surface area contributed by atoms with Gasteiger partial charge in [-0.05, 0) is 19.8 Å². The minimum Gasteiger partial charge on any atom is -0.462 e. The molecule has 0 radical (unpaired) electrons. The molecule has 0 saturated heterocycles. The smallest absolute Gasteiger partial charge is 0.377 e. The minimum absolute atomic E-state index is 0.0102. The average Bonchev–Trinajstić information content (AvgIpc) is 2.26. The van der Waals surface area contributed by atoms with Gasteiger partial charge >= 0.3 is 11.9 Å². The summed E-state index contributed by atoms with van der Waals surface area (Å²) >= 11 is 2.06. The topological polar surface area (TPSA) is 26.3 Å². The number of hydrogen-bond acceptors (Lipinski definition) is 2. The lowest BCUT2D eigenvalue weighted by Crippen LogP contribution is -2.38. The standard InChI is InChI=1S/C12H21F2IO2/c1-4-7-8-11(15,5-2)9-12(13,14)10(16)17-6-3/h4-9H2,1-3H3. The second-order valence-electron chi connectivity index (χ2n) is 4.21. The molecule has 0 aromatic carbocycles. The van der Waals surface area contributed by atoms with Gasteiger partial charge in [0.15, 0.2) is 0 Å². The van der Waals surface area contributed by atoms with Gasteiger partial charge in [0.2, 0.25) is 0 Å². The van der Waals surface area contributed by atoms with Crippen molar-refractivity contribution in [1.82, 2.24) is 0 Å². The van der Waals surface area contributed by atoms with E-state index in [1.54, 1.807) is 0 Å². The van der Waals surface area contributed by atoms with Gasteiger partial charge in [-0.25, -0.2) is 4.79 Å². The molecule has 1 unspecified atom stereocenters. The lowest BCUT2D eigenvalue weighted by molar-refractivity contribution is -0.173. The lowest BCUT2D eigenvalue weighted by atomic mass is 9.92. The molecule has 2 nitrogen and oxygen atoms in total. The summed E-state index contributed by atoms with van der Waals surface area (Å²) in [6.45, 7) is 5.42. The Bertz CT molecular complexity index is 247. The van der Waals surface area contributed by atoms with E-state index in [0.29, 0.717) is 12.8 Å². The number of carbonyl (C=O) groups excluding carboxylic acids is 1. The van der Waals surface area contributed by atoms with E-state index in [1.165, 1.54) is 6.92 Å². The Hall–Kier alpha value is 0.0600. The first-order valence-electron chi connectivity index (χ1n) is 6.05. The molecule has 0 aliphatic carbocycles. The van der Waals surface area contributed by atoms with Crippen molar-refractivity contribution in [1.29, 1.82) is 0 Å². The van der Waals surface area contributed by atoms with Crippen LogP contribution in [0.5, 0.6) is 0 Å². The van der Waals surface area contributed by atoms with E-state index in [0.717, 1.165) is 12.8 Å². The highest BCUT2D eigenvalue weighted by atomic mass is 127. The summed E-state index contributed by atoms with van der Waals surface area (Å²) in [5.74, 6) is -4.77. The van der Waals surface area contributed by atoms with Crippen molar-refractivity contribution < 1.29 is 18.3 Å². The van der Waals surface area contributed by atoms with Crippen LogP contribution in [0.3, 0.4) is 0 Å². The second-order valence-corrected chi connectivity index (χ2v) is 6.50. The molecule has 0 aromatic rings. The van der Waals surface area contributed by atoms with Gasteiger partial charge in [-0.3, -0.25) is 0 Å². The van der Waals surface area contributed by atoms with Crippen molar-refractivity contribution in [2.24, 2.45) is 0 Å². The van der Waals surface area contributed by atoms with E-state index in [1.807, 2.05) is 13.8 Å². The highest BCUT2D eigenvalue weighted by Crippen LogP contribution is 2.40. The minimum atomic E-state index is -3.37. The normalized spacial score (nSPS) is 15.4. The van der Waals surface area contributed by atoms with Crippen molar-refractivity contribution in [3.05, 3.63) is 0 Å². The summed E-state index contributed by atoms with van der Waals surface area (Å²) < 4.78 is 31.2. The van der Waals surface area contributed by atoms with Crippen LogP contribution in [0.25, 0.3) is 0 Å². The molecule has 102 valence electrons. The number of carbonyl (C=O) groups is 1. The third kappa shape index (κ3) is 5.97. The van der Waals surface area contributed by atoms with Crippen molar-refractivity contribution in [3.63, 3.8) is 0 Å². The van der Waals surface area contributed by atoms with Gasteiger partial charge in [-0.1, -0.05) is 49.3 Å². The van der Waals surface area contributed by atoms with Crippen LogP contribution in [-0.4, -0.2) is 21.9 Å². The second kappa shape index (κ2) is 7.48. The lowest BCUT2D eigenvalue weighted by Gasteiger charge is -2.29. The number of alkyl halides is 3. The van der Waals surface area contributed by atoms with E-state index in [9.17, 15) is 13.6 Å². The summed E-state index contributed by atoms with van der Waals surface area (Å²) in [5, 5.41) is 0. The van der Waals surface area contributed by atoms with Crippen LogP contribution in [-0.2, 0) is 9.53 Å². The molecule has 0 bridgehead atoms. The Morgan fingerprint density at radius 1 is 1.29 bits per heavy atom. The molecule has 0 fully saturated rings. The van der Waals surface area contributed by atoms with Gasteiger partial charge in [0.1, 0.15) is 0 Å². The maximum Gasteiger partial charge on any atom is 0.377 e. The predicted molar refractivity (Wildman–Crippen MR) is 72.8 cm³/mol. The molecular weight excluding hydrogens is 341 g/mol. The highest BCUT2D eigenvalue weighted by molar-refractivity contribution is 14.1. The van der Waals surface area contributed by atoms with Gasteiger partial charge in [0.05, 0.1) is 6.61 Å². The fourth-order valence-corrected chi connectivity index (χ4v) is 2.45. The molecule has 0 heterocycles. The summed E-state index contributed by atoms with van der Waals surface area (Å²) in [6.07, 6.45) is 2.76. The Morgan fingerprint density at radius 3 is 2.29 bits per heavy atom. The molecule has 0 aliphatic rings. The van der Waals surface area contributed by atoms with Crippen molar-refractivity contribution in [2.75, 3.05) is 6.61 Å². The molecule has 0 rings (SSSR count). The number of esters is 1. The number of rotatable bonds is 8. The quantitative estimate of drug-likeness (QED) is 0.365. The summed E-state index contributed by atoms with van der Waals surface area (Å²) in [5.41, 5.74) is 0. The fraction of sp³-hybridized carbons (Fsp3) is 0.917. The van der Waals surface area contributed by atoms with Crippen molar-refractivity contribution in [2.45, 2.75) is 62.2 Å². The monoisotopic (exact) mass is 362 g/mol. The molecule has 0 N–H and O–H groups in total. The van der Waals surface area contributed by atoms with Crippen LogP contribution < -0.4 is 0 Å². The molecule has 0 aliphatic heterocycles. The zero-order valence-corrected chi connectivity index (χ0v) is 12.9. The van der Waals surface area contributed by atoms with E-state index < -0.39 is 21.7 Å². The van der Waals surface area contributed by atoms with Crippen LogP contribution in [0.1, 0.15) is 52.9 Å². The molecule has 0 spiro atoms. The number of unbranched alkanes of at least 4 members (excludes halogenated alkanes) is 1. The van der Waals surface area contributed by atoms with Crippen LogP contribution >= 0.6 is 22.6 Å². The SMILES string of the molecule is CCCCC(I)(CC)CC(F)(F)C(=O)OCC. The number of ether oxygens (including phenoxy) is 1. The number of hydrogen-bond donors (Lipinski definition) is 0. The Balaban J connectivity index is 4.57. The first-order chi connectivity index (χ1) is 7.81. The fourth-order valence-electron chi connectivity index (χ4n) is 1.59. The summed E-state index contributed by atoms with van der Waals surface area (Å²) in [4.78, 5) is 11.2. The van der Waals surface area contributed by atoms with Crippen molar-refractivity contribution in [3.8, 4) is 0 Å². The first kappa shape index (κ1) is 17.1. The zero-order valence-electron chi connectivity index (χ0n) is 10.7. The van der Waals surface area contributed by atoms with Crippen LogP contribution in [0, 0.1) is 0 Å². The molecule has 0 saturated carbocycles. The Labute approximate surface area is 116 Å². The predicted octanol–water partition coefficient (Wildman–Crippen LogP) is 4.35. The van der Waals surface area contributed by atoms with Gasteiger partial charge < -0.3 is 4.74 Å². The van der Waals surface area contributed by atoms with Crippen molar-refractivity contribution >= 4 is 28.6 Å². The van der Waals surface area contributed by atoms with Crippen LogP contribution in [0.15, 0.2) is 0 Å². The summed E-state index contributed by atoms with van der Waals surface area (Å²) in [7, 11) is 0. The van der Waals surface area contributed by atoms with Crippen LogP contribution in [0.4, 0.5) is 8.78 Å². The van der Waals surface area contributed by atoms with Gasteiger partial charge in [-0.2, -0.15) is 8.78 Å². The van der Waals surface area contributed by atoms with Gasteiger partial charge in [0.25, 0.3) is 0 Å². The maximum atomic E-state index is 13.6. The largest absolute Gasteiger partial charge is 0.462 e. The molecule has 17 heavy (non-hydrogen) atoms. The highest BCUT2D eigenvalue weighted by Gasteiger charge is 2.46. The average molecular weight is 362 g/mol. The zero-order chi connectivity index (χ0) is 13.5. The number of halogens is 3. The Kier molecular flexibility index (Phi) is 7.51. The molecular formula is C12H21F2IO2. The van der Waals surface area contributed by atoms with E-state index in [2.05, 4.69) is 27.3 Å². The third-order valence-electron chi connectivity index (χ3n) is 2.72. The molecule has 5 heteroatoms. The van der Waals surface area contributed by atoms with Gasteiger partial charge in [0, 0.05) is 9.84 Å². The molecule has 0 amide bonds. The first-order valence-corrected chi connectivity index (χ1v) is 7.13. The van der Waals surface area contributed by atoms with E-state index in [-0.39, 0.29) is 6.61 Å². The van der Waals surface area contributed by atoms with E-state index in [4.69, 9.17) is 0 Å². The molecule has 1 atom stereocenters.